The molecule has 1 amide bonds. The summed E-state index contributed by atoms with van der Waals surface area (Å²) in [4.78, 5) is 20.5. The molecule has 23 heavy (non-hydrogen) atoms. The lowest BCUT2D eigenvalue weighted by Crippen LogP contribution is -2.15. The molecule has 1 aromatic carbocycles. The summed E-state index contributed by atoms with van der Waals surface area (Å²) in [5.74, 6) is 0.374. The number of carbonyl (C=O) groups excluding carboxylic acids is 1. The van der Waals surface area contributed by atoms with E-state index in [4.69, 9.17) is 11.6 Å². The zero-order valence-electron chi connectivity index (χ0n) is 13.4. The Kier molecular flexibility index (Phi) is 6.35. The van der Waals surface area contributed by atoms with Crippen molar-refractivity contribution >= 4 is 29.0 Å². The van der Waals surface area contributed by atoms with E-state index in [9.17, 15) is 4.79 Å². The molecule has 0 aliphatic carbocycles. The molecule has 0 bridgehead atoms. The van der Waals surface area contributed by atoms with Crippen molar-refractivity contribution in [1.29, 1.82) is 0 Å². The van der Waals surface area contributed by atoms with Crippen LogP contribution >= 0.6 is 11.6 Å². The minimum absolute atomic E-state index is 0.283. The van der Waals surface area contributed by atoms with Gasteiger partial charge in [0.2, 0.25) is 0 Å². The maximum absolute atomic E-state index is 12.3. The molecule has 6 heteroatoms. The molecule has 0 atom stereocenters. The Balaban J connectivity index is 2.03. The van der Waals surface area contributed by atoms with Gasteiger partial charge >= 0.3 is 0 Å². The highest BCUT2D eigenvalue weighted by molar-refractivity contribution is 6.31. The first kappa shape index (κ1) is 17.2. The maximum atomic E-state index is 12.3. The number of hydrogen-bond acceptors (Lipinski definition) is 4. The van der Waals surface area contributed by atoms with Crippen molar-refractivity contribution in [3.63, 3.8) is 0 Å². The van der Waals surface area contributed by atoms with Gasteiger partial charge < -0.3 is 10.6 Å². The molecule has 5 nitrogen and oxygen atoms in total. The average Bonchev–Trinajstić information content (AvgIpc) is 2.56. The van der Waals surface area contributed by atoms with E-state index in [0.717, 1.165) is 24.9 Å². The number of nitrogens with one attached hydrogen (secondary N) is 2. The molecule has 0 radical (unpaired) electrons. The van der Waals surface area contributed by atoms with Gasteiger partial charge in [0.05, 0.1) is 0 Å². The molecule has 2 aromatic rings. The van der Waals surface area contributed by atoms with Crippen molar-refractivity contribution < 1.29 is 4.79 Å². The van der Waals surface area contributed by atoms with Crippen LogP contribution in [0.2, 0.25) is 5.02 Å². The molecule has 0 aliphatic rings. The first-order valence-corrected chi connectivity index (χ1v) is 8.12. The van der Waals surface area contributed by atoms with Crippen molar-refractivity contribution in [3.8, 4) is 0 Å². The maximum Gasteiger partial charge on any atom is 0.274 e. The Morgan fingerprint density at radius 2 is 2.09 bits per heavy atom. The number of benzene rings is 1. The Morgan fingerprint density at radius 1 is 1.26 bits per heavy atom. The van der Waals surface area contributed by atoms with Crippen LogP contribution in [0.5, 0.6) is 0 Å². The predicted molar refractivity (Wildman–Crippen MR) is 94.2 cm³/mol. The summed E-state index contributed by atoms with van der Waals surface area (Å²) in [6, 6.07) is 7.05. The number of unbranched alkanes of at least 4 members (excludes halogenated alkanes) is 2. The van der Waals surface area contributed by atoms with Crippen molar-refractivity contribution in [2.75, 3.05) is 17.2 Å². The summed E-state index contributed by atoms with van der Waals surface area (Å²) >= 11 is 6.06. The van der Waals surface area contributed by atoms with E-state index in [1.165, 1.54) is 12.7 Å². The number of rotatable bonds is 7. The molecule has 0 saturated heterocycles. The smallest absolute Gasteiger partial charge is 0.274 e. The number of halogens is 1. The van der Waals surface area contributed by atoms with E-state index >= 15 is 0 Å². The van der Waals surface area contributed by atoms with Crippen LogP contribution in [-0.4, -0.2) is 22.4 Å². The van der Waals surface area contributed by atoms with E-state index in [-0.39, 0.29) is 5.91 Å². The zero-order valence-corrected chi connectivity index (χ0v) is 14.2. The fraction of sp³-hybridized carbons (Fsp3) is 0.353. The third-order valence-corrected chi connectivity index (χ3v) is 3.91. The molecular formula is C17H21ClN4O. The van der Waals surface area contributed by atoms with Gasteiger partial charge in [-0.3, -0.25) is 4.79 Å². The molecule has 1 aromatic heterocycles. The highest BCUT2D eigenvalue weighted by atomic mass is 35.5. The zero-order chi connectivity index (χ0) is 16.7. The topological polar surface area (TPSA) is 66.9 Å². The van der Waals surface area contributed by atoms with Crippen molar-refractivity contribution in [2.24, 2.45) is 0 Å². The summed E-state index contributed by atoms with van der Waals surface area (Å²) in [6.45, 7) is 4.85. The summed E-state index contributed by atoms with van der Waals surface area (Å²) in [6.07, 6.45) is 4.79. The summed E-state index contributed by atoms with van der Waals surface area (Å²) in [7, 11) is 0. The van der Waals surface area contributed by atoms with E-state index in [1.807, 2.05) is 13.0 Å². The molecule has 122 valence electrons. The third-order valence-electron chi connectivity index (χ3n) is 3.50. The predicted octanol–water partition coefficient (Wildman–Crippen LogP) is 4.29. The van der Waals surface area contributed by atoms with Gasteiger partial charge in [-0.2, -0.15) is 0 Å². The summed E-state index contributed by atoms with van der Waals surface area (Å²) in [5, 5.41) is 6.65. The molecule has 1 heterocycles. The minimum atomic E-state index is -0.283. The molecule has 2 rings (SSSR count). The Morgan fingerprint density at radius 3 is 2.87 bits per heavy atom. The van der Waals surface area contributed by atoms with Gasteiger partial charge in [0, 0.05) is 23.3 Å². The van der Waals surface area contributed by atoms with Gasteiger partial charge in [0.25, 0.3) is 5.91 Å². The molecule has 0 fully saturated rings. The number of carbonyl (C=O) groups is 1. The van der Waals surface area contributed by atoms with Gasteiger partial charge in [0.1, 0.15) is 17.8 Å². The fourth-order valence-electron chi connectivity index (χ4n) is 2.10. The molecule has 0 aliphatic heterocycles. The van der Waals surface area contributed by atoms with E-state index in [0.29, 0.717) is 22.2 Å². The van der Waals surface area contributed by atoms with E-state index in [1.54, 1.807) is 18.2 Å². The molecule has 0 unspecified atom stereocenters. The second-order valence-electron chi connectivity index (χ2n) is 5.29. The highest BCUT2D eigenvalue weighted by Crippen LogP contribution is 2.23. The van der Waals surface area contributed by atoms with Crippen LogP contribution in [0.4, 0.5) is 11.5 Å². The van der Waals surface area contributed by atoms with Crippen LogP contribution in [0.3, 0.4) is 0 Å². The first-order chi connectivity index (χ1) is 11.1. The number of anilines is 2. The largest absolute Gasteiger partial charge is 0.370 e. The van der Waals surface area contributed by atoms with Crippen LogP contribution < -0.4 is 10.6 Å². The van der Waals surface area contributed by atoms with Gasteiger partial charge in [-0.15, -0.1) is 0 Å². The highest BCUT2D eigenvalue weighted by Gasteiger charge is 2.11. The van der Waals surface area contributed by atoms with Crippen LogP contribution in [-0.2, 0) is 0 Å². The lowest BCUT2D eigenvalue weighted by Gasteiger charge is -2.10. The Bertz CT molecular complexity index is 675. The van der Waals surface area contributed by atoms with Gasteiger partial charge in [-0.1, -0.05) is 37.4 Å². The standard InChI is InChI=1S/C17H21ClN4O/c1-3-4-5-9-19-16-10-15(20-11-21-16)17(23)22-14-8-6-7-13(18)12(14)2/h6-8,10-11H,3-5,9H2,1-2H3,(H,22,23)(H,19,20,21). The normalized spacial score (nSPS) is 10.4. The van der Waals surface area contributed by atoms with Crippen LogP contribution in [0.15, 0.2) is 30.6 Å². The number of amides is 1. The Labute approximate surface area is 141 Å². The van der Waals surface area contributed by atoms with E-state index in [2.05, 4.69) is 27.5 Å². The third kappa shape index (κ3) is 4.93. The summed E-state index contributed by atoms with van der Waals surface area (Å²) in [5.41, 5.74) is 1.82. The van der Waals surface area contributed by atoms with Gasteiger partial charge in [0.15, 0.2) is 0 Å². The molecule has 0 spiro atoms. The SMILES string of the molecule is CCCCCNc1cc(C(=O)Nc2cccc(Cl)c2C)ncn1. The van der Waals surface area contributed by atoms with Crippen molar-refractivity contribution in [1.82, 2.24) is 9.97 Å². The number of aromatic nitrogens is 2. The number of hydrogen-bond donors (Lipinski definition) is 2. The van der Waals surface area contributed by atoms with Crippen molar-refractivity contribution in [3.05, 3.63) is 46.9 Å². The fourth-order valence-corrected chi connectivity index (χ4v) is 2.27. The number of nitrogens with zero attached hydrogens (tertiary/aromatic N) is 2. The Hall–Kier alpha value is -2.14. The summed E-state index contributed by atoms with van der Waals surface area (Å²) < 4.78 is 0. The quantitative estimate of drug-likeness (QED) is 0.742. The lowest BCUT2D eigenvalue weighted by molar-refractivity contribution is 0.102. The van der Waals surface area contributed by atoms with Crippen LogP contribution in [0.25, 0.3) is 0 Å². The van der Waals surface area contributed by atoms with Crippen molar-refractivity contribution in [2.45, 2.75) is 33.1 Å². The van der Waals surface area contributed by atoms with Crippen LogP contribution in [0.1, 0.15) is 42.2 Å². The molecular weight excluding hydrogens is 312 g/mol. The average molecular weight is 333 g/mol. The van der Waals surface area contributed by atoms with E-state index < -0.39 is 0 Å². The lowest BCUT2D eigenvalue weighted by atomic mass is 10.2. The van der Waals surface area contributed by atoms with Gasteiger partial charge in [-0.25, -0.2) is 9.97 Å². The second kappa shape index (κ2) is 8.48. The monoisotopic (exact) mass is 332 g/mol. The molecule has 2 N–H and O–H groups in total. The first-order valence-electron chi connectivity index (χ1n) is 7.74. The second-order valence-corrected chi connectivity index (χ2v) is 5.70. The minimum Gasteiger partial charge on any atom is -0.370 e. The van der Waals surface area contributed by atoms with Crippen LogP contribution in [0, 0.1) is 6.92 Å². The molecule has 0 saturated carbocycles. The van der Waals surface area contributed by atoms with Gasteiger partial charge in [-0.05, 0) is 31.0 Å².